The molecule has 17 heavy (non-hydrogen) atoms. The monoisotopic (exact) mass is 238 g/mol. The van der Waals surface area contributed by atoms with Crippen LogP contribution in [0.3, 0.4) is 0 Å². The van der Waals surface area contributed by atoms with Crippen LogP contribution in [0, 0.1) is 5.92 Å². The van der Waals surface area contributed by atoms with E-state index in [1.54, 1.807) is 0 Å². The van der Waals surface area contributed by atoms with Gasteiger partial charge in [-0.25, -0.2) is 0 Å². The van der Waals surface area contributed by atoms with Crippen LogP contribution in [0.4, 0.5) is 0 Å². The van der Waals surface area contributed by atoms with Crippen LogP contribution in [0.5, 0.6) is 0 Å². The third-order valence-corrected chi connectivity index (χ3v) is 2.52. The molecule has 1 aliphatic carbocycles. The van der Waals surface area contributed by atoms with Gasteiger partial charge in [-0.15, -0.1) is 0 Å². The van der Waals surface area contributed by atoms with E-state index in [-0.39, 0.29) is 23.9 Å². The zero-order chi connectivity index (χ0) is 12.9. The fraction of sp³-hybridized carbons (Fsp3) is 0.692. The summed E-state index contributed by atoms with van der Waals surface area (Å²) in [5.41, 5.74) is -0.254. The summed E-state index contributed by atoms with van der Waals surface area (Å²) in [5, 5.41) is 5.45. The molecule has 0 saturated carbocycles. The minimum atomic E-state index is -0.254. The fourth-order valence-corrected chi connectivity index (χ4v) is 1.82. The van der Waals surface area contributed by atoms with Gasteiger partial charge in [-0.05, 0) is 39.5 Å². The van der Waals surface area contributed by atoms with Gasteiger partial charge in [0.2, 0.25) is 11.8 Å². The number of hydrogen-bond donors (Lipinski definition) is 2. The van der Waals surface area contributed by atoms with Gasteiger partial charge in [0.25, 0.3) is 0 Å². The summed E-state index contributed by atoms with van der Waals surface area (Å²) in [7, 11) is 0. The summed E-state index contributed by atoms with van der Waals surface area (Å²) in [6.45, 7) is 5.80. The Morgan fingerprint density at radius 3 is 2.53 bits per heavy atom. The summed E-state index contributed by atoms with van der Waals surface area (Å²) < 4.78 is 0. The number of amides is 2. The molecule has 0 spiro atoms. The van der Waals surface area contributed by atoms with Gasteiger partial charge in [0.15, 0.2) is 0 Å². The molecule has 2 N–H and O–H groups in total. The van der Waals surface area contributed by atoms with E-state index >= 15 is 0 Å². The van der Waals surface area contributed by atoms with E-state index in [0.29, 0.717) is 12.3 Å². The van der Waals surface area contributed by atoms with Crippen LogP contribution >= 0.6 is 0 Å². The van der Waals surface area contributed by atoms with E-state index in [0.717, 1.165) is 12.8 Å². The summed E-state index contributed by atoms with van der Waals surface area (Å²) in [4.78, 5) is 23.0. The van der Waals surface area contributed by atoms with Crippen LogP contribution in [-0.4, -0.2) is 23.9 Å². The van der Waals surface area contributed by atoms with Crippen molar-refractivity contribution in [2.75, 3.05) is 6.54 Å². The van der Waals surface area contributed by atoms with Crippen molar-refractivity contribution >= 4 is 11.8 Å². The van der Waals surface area contributed by atoms with E-state index < -0.39 is 0 Å². The molecule has 4 nitrogen and oxygen atoms in total. The normalized spacial score (nSPS) is 19.1. The summed E-state index contributed by atoms with van der Waals surface area (Å²) in [6, 6.07) is 0. The molecule has 0 saturated heterocycles. The van der Waals surface area contributed by atoms with E-state index in [1.807, 2.05) is 20.8 Å². The SMILES string of the molecule is CC(C)(C)NC(=O)CNC(=O)CC1C=CCC1. The van der Waals surface area contributed by atoms with Gasteiger partial charge in [0.1, 0.15) is 0 Å². The number of carbonyl (C=O) groups is 2. The van der Waals surface area contributed by atoms with Gasteiger partial charge in [-0.3, -0.25) is 9.59 Å². The molecule has 0 fully saturated rings. The largest absolute Gasteiger partial charge is 0.350 e. The lowest BCUT2D eigenvalue weighted by Gasteiger charge is -2.20. The summed E-state index contributed by atoms with van der Waals surface area (Å²) >= 11 is 0. The van der Waals surface area contributed by atoms with Gasteiger partial charge < -0.3 is 10.6 Å². The summed E-state index contributed by atoms with van der Waals surface area (Å²) in [5.74, 6) is 0.152. The number of hydrogen-bond acceptors (Lipinski definition) is 2. The molecule has 96 valence electrons. The third-order valence-electron chi connectivity index (χ3n) is 2.52. The van der Waals surface area contributed by atoms with Gasteiger partial charge in [-0.1, -0.05) is 12.2 Å². The summed E-state index contributed by atoms with van der Waals surface area (Å²) in [6.07, 6.45) is 6.77. The minimum absolute atomic E-state index is 0.0504. The van der Waals surface area contributed by atoms with Crippen LogP contribution in [0.1, 0.15) is 40.0 Å². The first-order valence-corrected chi connectivity index (χ1v) is 6.11. The second kappa shape index (κ2) is 5.84. The van der Waals surface area contributed by atoms with E-state index in [1.165, 1.54) is 0 Å². The predicted molar refractivity (Wildman–Crippen MR) is 67.4 cm³/mol. The van der Waals surface area contributed by atoms with E-state index in [4.69, 9.17) is 0 Å². The Balaban J connectivity index is 2.19. The van der Waals surface area contributed by atoms with E-state index in [9.17, 15) is 9.59 Å². The molecule has 0 aromatic carbocycles. The molecular formula is C13H22N2O2. The van der Waals surface area contributed by atoms with Crippen molar-refractivity contribution in [2.24, 2.45) is 5.92 Å². The Morgan fingerprint density at radius 1 is 1.29 bits per heavy atom. The lowest BCUT2D eigenvalue weighted by Crippen LogP contribution is -2.45. The van der Waals surface area contributed by atoms with Crippen LogP contribution in [0.25, 0.3) is 0 Å². The third kappa shape index (κ3) is 6.09. The second-order valence-corrected chi connectivity index (χ2v) is 5.54. The van der Waals surface area contributed by atoms with Gasteiger partial charge in [0, 0.05) is 12.0 Å². The Hall–Kier alpha value is -1.32. The molecule has 4 heteroatoms. The molecule has 0 heterocycles. The van der Waals surface area contributed by atoms with Crippen molar-refractivity contribution in [3.63, 3.8) is 0 Å². The molecule has 0 radical (unpaired) electrons. The molecule has 0 aromatic heterocycles. The Bertz CT molecular complexity index is 316. The van der Waals surface area contributed by atoms with Crippen molar-refractivity contribution < 1.29 is 9.59 Å². The average molecular weight is 238 g/mol. The molecule has 0 bridgehead atoms. The first kappa shape index (κ1) is 13.7. The molecule has 0 aromatic rings. The molecule has 1 rings (SSSR count). The average Bonchev–Trinajstić information content (AvgIpc) is 2.64. The van der Waals surface area contributed by atoms with Crippen LogP contribution in [-0.2, 0) is 9.59 Å². The second-order valence-electron chi connectivity index (χ2n) is 5.54. The maximum absolute atomic E-state index is 11.5. The maximum atomic E-state index is 11.5. The Kier molecular flexibility index (Phi) is 4.73. The highest BCUT2D eigenvalue weighted by Crippen LogP contribution is 2.19. The van der Waals surface area contributed by atoms with Gasteiger partial charge in [0.05, 0.1) is 6.54 Å². The van der Waals surface area contributed by atoms with Gasteiger partial charge in [-0.2, -0.15) is 0 Å². The molecular weight excluding hydrogens is 216 g/mol. The highest BCUT2D eigenvalue weighted by atomic mass is 16.2. The molecule has 2 amide bonds. The van der Waals surface area contributed by atoms with Crippen LogP contribution < -0.4 is 10.6 Å². The van der Waals surface area contributed by atoms with Crippen molar-refractivity contribution in [1.82, 2.24) is 10.6 Å². The van der Waals surface area contributed by atoms with E-state index in [2.05, 4.69) is 22.8 Å². The predicted octanol–water partition coefficient (Wildman–Crippen LogP) is 1.37. The molecule has 0 aliphatic heterocycles. The molecule has 1 aliphatic rings. The smallest absolute Gasteiger partial charge is 0.239 e. The minimum Gasteiger partial charge on any atom is -0.350 e. The van der Waals surface area contributed by atoms with Crippen molar-refractivity contribution in [1.29, 1.82) is 0 Å². The van der Waals surface area contributed by atoms with Crippen molar-refractivity contribution in [3.8, 4) is 0 Å². The standard InChI is InChI=1S/C13H22N2O2/c1-13(2,3)15-12(17)9-14-11(16)8-10-6-4-5-7-10/h4,6,10H,5,7-9H2,1-3H3,(H,14,16)(H,15,17). The Labute approximate surface area is 103 Å². The number of rotatable bonds is 4. The van der Waals surface area contributed by atoms with Crippen molar-refractivity contribution in [3.05, 3.63) is 12.2 Å². The van der Waals surface area contributed by atoms with Crippen LogP contribution in [0.15, 0.2) is 12.2 Å². The zero-order valence-corrected chi connectivity index (χ0v) is 10.9. The lowest BCUT2D eigenvalue weighted by atomic mass is 10.1. The fourth-order valence-electron chi connectivity index (χ4n) is 1.82. The highest BCUT2D eigenvalue weighted by molar-refractivity contribution is 5.85. The quantitative estimate of drug-likeness (QED) is 0.727. The maximum Gasteiger partial charge on any atom is 0.239 e. The van der Waals surface area contributed by atoms with Crippen LogP contribution in [0.2, 0.25) is 0 Å². The Morgan fingerprint density at radius 2 is 2.00 bits per heavy atom. The van der Waals surface area contributed by atoms with Crippen molar-refractivity contribution in [2.45, 2.75) is 45.6 Å². The van der Waals surface area contributed by atoms with Gasteiger partial charge >= 0.3 is 0 Å². The topological polar surface area (TPSA) is 58.2 Å². The number of carbonyl (C=O) groups excluding carboxylic acids is 2. The highest BCUT2D eigenvalue weighted by Gasteiger charge is 2.16. The zero-order valence-electron chi connectivity index (χ0n) is 10.9. The molecule has 1 unspecified atom stereocenters. The first-order chi connectivity index (χ1) is 7.87. The number of nitrogens with one attached hydrogen (secondary N) is 2. The molecule has 1 atom stereocenters. The first-order valence-electron chi connectivity index (χ1n) is 6.11. The lowest BCUT2D eigenvalue weighted by molar-refractivity contribution is -0.127. The number of allylic oxidation sites excluding steroid dienone is 2.